The maximum atomic E-state index is 13.1. The second-order valence-electron chi connectivity index (χ2n) is 6.38. The van der Waals surface area contributed by atoms with Gasteiger partial charge in [-0.25, -0.2) is 4.39 Å². The number of carbonyl (C=O) groups is 1. The van der Waals surface area contributed by atoms with Crippen molar-refractivity contribution in [2.75, 3.05) is 20.1 Å². The Morgan fingerprint density at radius 3 is 2.54 bits per heavy atom. The molecular formula is C17H28FIN4O. The van der Waals surface area contributed by atoms with Crippen molar-refractivity contribution < 1.29 is 9.18 Å². The number of nitrogens with zero attached hydrogens (tertiary/aromatic N) is 1. The largest absolute Gasteiger partial charge is 0.356 e. The molecule has 0 aromatic heterocycles. The fourth-order valence-corrected chi connectivity index (χ4v) is 2.04. The molecule has 1 aromatic carbocycles. The Morgan fingerprint density at radius 2 is 1.96 bits per heavy atom. The molecule has 24 heavy (non-hydrogen) atoms. The molecule has 0 saturated carbocycles. The summed E-state index contributed by atoms with van der Waals surface area (Å²) >= 11 is 0. The van der Waals surface area contributed by atoms with Crippen LogP contribution in [0.1, 0.15) is 32.8 Å². The number of hydrogen-bond donors (Lipinski definition) is 3. The number of aliphatic imine (C=N–C) groups is 1. The first-order valence-corrected chi connectivity index (χ1v) is 7.80. The van der Waals surface area contributed by atoms with Crippen molar-refractivity contribution in [2.45, 2.75) is 39.2 Å². The molecule has 0 saturated heterocycles. The van der Waals surface area contributed by atoms with Crippen molar-refractivity contribution in [1.82, 2.24) is 16.0 Å². The van der Waals surface area contributed by atoms with Gasteiger partial charge in [-0.15, -0.1) is 24.0 Å². The second kappa shape index (κ2) is 11.2. The van der Waals surface area contributed by atoms with E-state index in [9.17, 15) is 9.18 Å². The Kier molecular flexibility index (Phi) is 10.6. The van der Waals surface area contributed by atoms with E-state index in [-0.39, 0.29) is 47.8 Å². The van der Waals surface area contributed by atoms with Crippen LogP contribution in [0.3, 0.4) is 0 Å². The van der Waals surface area contributed by atoms with Crippen LogP contribution in [0.5, 0.6) is 0 Å². The van der Waals surface area contributed by atoms with Gasteiger partial charge in [-0.3, -0.25) is 9.79 Å². The molecule has 3 N–H and O–H groups in total. The zero-order valence-electron chi connectivity index (χ0n) is 14.8. The summed E-state index contributed by atoms with van der Waals surface area (Å²) in [6.45, 7) is 6.66. The van der Waals surface area contributed by atoms with Crippen molar-refractivity contribution >= 4 is 35.8 Å². The van der Waals surface area contributed by atoms with Crippen LogP contribution in [0, 0.1) is 5.82 Å². The number of rotatable bonds is 6. The zero-order valence-corrected chi connectivity index (χ0v) is 17.1. The van der Waals surface area contributed by atoms with Crippen LogP contribution < -0.4 is 16.0 Å². The predicted molar refractivity (Wildman–Crippen MR) is 107 cm³/mol. The third-order valence-corrected chi connectivity index (χ3v) is 2.98. The van der Waals surface area contributed by atoms with Gasteiger partial charge in [0.25, 0.3) is 0 Å². The highest BCUT2D eigenvalue weighted by Gasteiger charge is 2.13. The van der Waals surface area contributed by atoms with E-state index in [2.05, 4.69) is 20.9 Å². The number of amides is 1. The average molecular weight is 450 g/mol. The van der Waals surface area contributed by atoms with Crippen LogP contribution >= 0.6 is 24.0 Å². The number of nitrogens with one attached hydrogen (secondary N) is 3. The van der Waals surface area contributed by atoms with E-state index in [1.54, 1.807) is 19.2 Å². The molecule has 0 aliphatic carbocycles. The van der Waals surface area contributed by atoms with E-state index in [1.807, 2.05) is 26.8 Å². The van der Waals surface area contributed by atoms with E-state index >= 15 is 0 Å². The lowest BCUT2D eigenvalue weighted by molar-refractivity contribution is -0.121. The predicted octanol–water partition coefficient (Wildman–Crippen LogP) is 2.46. The molecule has 0 unspecified atom stereocenters. The minimum Gasteiger partial charge on any atom is -0.356 e. The molecule has 0 spiro atoms. The highest BCUT2D eigenvalue weighted by atomic mass is 127. The number of aryl methyl sites for hydroxylation is 1. The van der Waals surface area contributed by atoms with E-state index in [4.69, 9.17) is 0 Å². The van der Waals surface area contributed by atoms with Gasteiger partial charge in [0.15, 0.2) is 5.96 Å². The molecule has 7 heteroatoms. The molecule has 0 aliphatic rings. The SMILES string of the molecule is CN=C(NCCCc1cccc(F)c1)NCC(=O)NC(C)(C)C.I. The van der Waals surface area contributed by atoms with Gasteiger partial charge in [0.05, 0.1) is 6.54 Å². The molecule has 0 aliphatic heterocycles. The summed E-state index contributed by atoms with van der Waals surface area (Å²) in [5.74, 6) is 0.284. The van der Waals surface area contributed by atoms with Gasteiger partial charge in [0.1, 0.15) is 5.82 Å². The Balaban J connectivity index is 0.00000529. The molecule has 0 radical (unpaired) electrons. The third kappa shape index (κ3) is 10.4. The summed E-state index contributed by atoms with van der Waals surface area (Å²) in [4.78, 5) is 15.8. The number of carbonyl (C=O) groups excluding carboxylic acids is 1. The van der Waals surface area contributed by atoms with Crippen LogP contribution in [0.15, 0.2) is 29.3 Å². The van der Waals surface area contributed by atoms with Gasteiger partial charge in [-0.2, -0.15) is 0 Å². The Bertz CT molecular complexity index is 544. The van der Waals surface area contributed by atoms with E-state index < -0.39 is 0 Å². The van der Waals surface area contributed by atoms with Gasteiger partial charge in [-0.1, -0.05) is 12.1 Å². The lowest BCUT2D eigenvalue weighted by Gasteiger charge is -2.21. The molecule has 1 rings (SSSR count). The first-order chi connectivity index (χ1) is 10.8. The molecule has 5 nitrogen and oxygen atoms in total. The topological polar surface area (TPSA) is 65.5 Å². The van der Waals surface area contributed by atoms with Gasteiger partial charge in [0.2, 0.25) is 5.91 Å². The maximum Gasteiger partial charge on any atom is 0.239 e. The van der Waals surface area contributed by atoms with Gasteiger partial charge < -0.3 is 16.0 Å². The summed E-state index contributed by atoms with van der Waals surface area (Å²) in [5, 5.41) is 8.98. The lowest BCUT2D eigenvalue weighted by atomic mass is 10.1. The Hall–Kier alpha value is -1.38. The van der Waals surface area contributed by atoms with E-state index in [0.29, 0.717) is 12.5 Å². The average Bonchev–Trinajstić information content (AvgIpc) is 2.45. The van der Waals surface area contributed by atoms with E-state index in [0.717, 1.165) is 18.4 Å². The van der Waals surface area contributed by atoms with Crippen molar-refractivity contribution in [3.63, 3.8) is 0 Å². The fourth-order valence-electron chi connectivity index (χ4n) is 2.04. The summed E-state index contributed by atoms with van der Waals surface area (Å²) in [6.07, 6.45) is 1.63. The van der Waals surface area contributed by atoms with Crippen LogP contribution in [-0.2, 0) is 11.2 Å². The quantitative estimate of drug-likeness (QED) is 0.270. The minimum atomic E-state index is -0.249. The van der Waals surface area contributed by atoms with Crippen LogP contribution in [0.25, 0.3) is 0 Å². The second-order valence-corrected chi connectivity index (χ2v) is 6.38. The van der Waals surface area contributed by atoms with Crippen LogP contribution in [0.2, 0.25) is 0 Å². The zero-order chi connectivity index (χ0) is 17.3. The van der Waals surface area contributed by atoms with Gasteiger partial charge in [0, 0.05) is 19.1 Å². The van der Waals surface area contributed by atoms with Crippen molar-refractivity contribution in [2.24, 2.45) is 4.99 Å². The van der Waals surface area contributed by atoms with Crippen molar-refractivity contribution in [3.8, 4) is 0 Å². The number of halogens is 2. The first kappa shape index (κ1) is 22.6. The number of hydrogen-bond acceptors (Lipinski definition) is 2. The summed E-state index contributed by atoms with van der Waals surface area (Å²) in [7, 11) is 1.66. The molecule has 0 fully saturated rings. The highest BCUT2D eigenvalue weighted by Crippen LogP contribution is 2.05. The molecule has 1 aromatic rings. The van der Waals surface area contributed by atoms with Gasteiger partial charge in [-0.05, 0) is 51.3 Å². The monoisotopic (exact) mass is 450 g/mol. The molecule has 0 atom stereocenters. The fraction of sp³-hybridized carbons (Fsp3) is 0.529. The Labute approximate surface area is 160 Å². The molecule has 0 bridgehead atoms. The van der Waals surface area contributed by atoms with Gasteiger partial charge >= 0.3 is 0 Å². The van der Waals surface area contributed by atoms with Crippen LogP contribution in [-0.4, -0.2) is 37.5 Å². The van der Waals surface area contributed by atoms with Crippen molar-refractivity contribution in [3.05, 3.63) is 35.6 Å². The van der Waals surface area contributed by atoms with Crippen molar-refractivity contribution in [1.29, 1.82) is 0 Å². The third-order valence-electron chi connectivity index (χ3n) is 2.98. The van der Waals surface area contributed by atoms with Crippen LogP contribution in [0.4, 0.5) is 4.39 Å². The first-order valence-electron chi connectivity index (χ1n) is 7.80. The summed E-state index contributed by atoms with van der Waals surface area (Å²) in [6, 6.07) is 6.61. The standard InChI is InChI=1S/C17H27FN4O.HI/c1-17(2,3)22-15(23)12-21-16(19-4)20-10-6-8-13-7-5-9-14(18)11-13;/h5,7,9,11H,6,8,10,12H2,1-4H3,(H,22,23)(H2,19,20,21);1H. The highest BCUT2D eigenvalue weighted by molar-refractivity contribution is 14.0. The molecule has 0 heterocycles. The molecule has 136 valence electrons. The minimum absolute atomic E-state index is 0. The lowest BCUT2D eigenvalue weighted by Crippen LogP contribution is -2.48. The number of guanidine groups is 1. The number of benzene rings is 1. The summed E-state index contributed by atoms with van der Waals surface area (Å²) in [5.41, 5.74) is 0.722. The maximum absolute atomic E-state index is 13.1. The smallest absolute Gasteiger partial charge is 0.239 e. The molecular weight excluding hydrogens is 422 g/mol. The van der Waals surface area contributed by atoms with E-state index in [1.165, 1.54) is 6.07 Å². The molecule has 1 amide bonds. The summed E-state index contributed by atoms with van der Waals surface area (Å²) < 4.78 is 13.1. The normalized spacial score (nSPS) is 11.5. The Morgan fingerprint density at radius 1 is 1.25 bits per heavy atom.